The Hall–Kier alpha value is -1.86. The van der Waals surface area contributed by atoms with E-state index in [0.29, 0.717) is 6.61 Å². The quantitative estimate of drug-likeness (QED) is 0.844. The Morgan fingerprint density at radius 1 is 1.42 bits per heavy atom. The van der Waals surface area contributed by atoms with Crippen LogP contribution in [0.4, 0.5) is 5.95 Å². The number of amides is 1. The van der Waals surface area contributed by atoms with Crippen LogP contribution in [0.3, 0.4) is 0 Å². The molecule has 0 fully saturated rings. The first-order valence-electron chi connectivity index (χ1n) is 5.28. The van der Waals surface area contributed by atoms with Crippen molar-refractivity contribution < 1.29 is 9.53 Å². The third-order valence-corrected chi connectivity index (χ3v) is 2.53. The van der Waals surface area contributed by atoms with E-state index in [0.717, 1.165) is 0 Å². The van der Waals surface area contributed by atoms with Crippen molar-refractivity contribution in [2.24, 2.45) is 0 Å². The fourth-order valence-corrected chi connectivity index (χ4v) is 1.68. The van der Waals surface area contributed by atoms with Gasteiger partial charge in [0.05, 0.1) is 12.2 Å². The maximum atomic E-state index is 11.9. The van der Waals surface area contributed by atoms with Crippen LogP contribution in [0.5, 0.6) is 6.01 Å². The summed E-state index contributed by atoms with van der Waals surface area (Å²) in [6.45, 7) is 2.23. The molecule has 2 heterocycles. The molecule has 0 atom stereocenters. The minimum atomic E-state index is -0.478. The van der Waals surface area contributed by atoms with Crippen LogP contribution in [0.1, 0.15) is 17.3 Å². The lowest BCUT2D eigenvalue weighted by Gasteiger charge is -2.03. The number of anilines is 1. The number of aromatic nitrogens is 4. The van der Waals surface area contributed by atoms with Gasteiger partial charge in [0.25, 0.3) is 5.91 Å². The maximum absolute atomic E-state index is 11.9. The predicted octanol–water partition coefficient (Wildman–Crippen LogP) is 2.16. The molecule has 0 unspecified atom stereocenters. The van der Waals surface area contributed by atoms with E-state index in [4.69, 9.17) is 27.9 Å². The first kappa shape index (κ1) is 13.6. The zero-order valence-electron chi connectivity index (χ0n) is 9.78. The molecular formula is C10H9Cl2N5O2. The van der Waals surface area contributed by atoms with Crippen molar-refractivity contribution >= 4 is 35.1 Å². The normalized spacial score (nSPS) is 10.3. The van der Waals surface area contributed by atoms with Gasteiger partial charge in [0.15, 0.2) is 0 Å². The Labute approximate surface area is 118 Å². The third kappa shape index (κ3) is 3.33. The molecular weight excluding hydrogens is 293 g/mol. The van der Waals surface area contributed by atoms with Crippen molar-refractivity contribution in [1.29, 1.82) is 0 Å². The molecule has 9 heteroatoms. The van der Waals surface area contributed by atoms with Crippen LogP contribution in [0.15, 0.2) is 12.1 Å². The number of nitrogens with one attached hydrogen (secondary N) is 2. The van der Waals surface area contributed by atoms with Crippen LogP contribution in [0.25, 0.3) is 0 Å². The summed E-state index contributed by atoms with van der Waals surface area (Å²) in [5.41, 5.74) is 0.181. The predicted molar refractivity (Wildman–Crippen MR) is 69.8 cm³/mol. The van der Waals surface area contributed by atoms with Gasteiger partial charge in [0.2, 0.25) is 5.95 Å². The van der Waals surface area contributed by atoms with E-state index in [1.165, 1.54) is 12.1 Å². The number of aromatic amines is 1. The van der Waals surface area contributed by atoms with Gasteiger partial charge in [-0.15, -0.1) is 5.10 Å². The summed E-state index contributed by atoms with van der Waals surface area (Å²) in [5, 5.41) is 8.96. The molecule has 0 aliphatic heterocycles. The number of hydrogen-bond acceptors (Lipinski definition) is 5. The van der Waals surface area contributed by atoms with Crippen molar-refractivity contribution in [3.8, 4) is 6.01 Å². The highest BCUT2D eigenvalue weighted by molar-refractivity contribution is 6.35. The van der Waals surface area contributed by atoms with E-state index in [-0.39, 0.29) is 27.8 Å². The second-order valence-corrected chi connectivity index (χ2v) is 4.07. The summed E-state index contributed by atoms with van der Waals surface area (Å²) in [7, 11) is 0. The van der Waals surface area contributed by atoms with E-state index in [1.807, 2.05) is 0 Å². The molecule has 0 aromatic carbocycles. The largest absolute Gasteiger partial charge is 0.463 e. The average molecular weight is 302 g/mol. The number of H-pyrrole nitrogens is 1. The van der Waals surface area contributed by atoms with Crippen LogP contribution in [-0.2, 0) is 0 Å². The summed E-state index contributed by atoms with van der Waals surface area (Å²) in [4.78, 5) is 19.6. The highest BCUT2D eigenvalue weighted by Gasteiger charge is 2.14. The molecule has 7 nitrogen and oxygen atoms in total. The highest BCUT2D eigenvalue weighted by atomic mass is 35.5. The smallest absolute Gasteiger partial charge is 0.337 e. The minimum Gasteiger partial charge on any atom is -0.463 e. The lowest BCUT2D eigenvalue weighted by Crippen LogP contribution is -2.14. The van der Waals surface area contributed by atoms with Crippen molar-refractivity contribution in [2.45, 2.75) is 6.92 Å². The number of ether oxygens (including phenoxy) is 1. The fraction of sp³-hybridized carbons (Fsp3) is 0.200. The van der Waals surface area contributed by atoms with Gasteiger partial charge in [-0.1, -0.05) is 23.2 Å². The maximum Gasteiger partial charge on any atom is 0.337 e. The number of nitrogens with zero attached hydrogens (tertiary/aromatic N) is 3. The molecule has 1 amide bonds. The van der Waals surface area contributed by atoms with Gasteiger partial charge in [-0.05, 0) is 19.1 Å². The molecule has 2 aromatic rings. The zero-order valence-corrected chi connectivity index (χ0v) is 11.3. The number of pyridine rings is 1. The van der Waals surface area contributed by atoms with Crippen molar-refractivity contribution in [3.05, 3.63) is 28.0 Å². The van der Waals surface area contributed by atoms with E-state index in [9.17, 15) is 4.79 Å². The lowest BCUT2D eigenvalue weighted by atomic mass is 10.3. The molecule has 2 N–H and O–H groups in total. The first-order valence-corrected chi connectivity index (χ1v) is 6.04. The minimum absolute atomic E-state index is 0.00884. The Balaban J connectivity index is 2.11. The van der Waals surface area contributed by atoms with Crippen molar-refractivity contribution in [2.75, 3.05) is 11.9 Å². The Kier molecular flexibility index (Phi) is 4.18. The zero-order chi connectivity index (χ0) is 13.8. The monoisotopic (exact) mass is 301 g/mol. The number of rotatable bonds is 4. The van der Waals surface area contributed by atoms with Gasteiger partial charge in [0.1, 0.15) is 10.3 Å². The Bertz CT molecular complexity index is 601. The van der Waals surface area contributed by atoms with E-state index in [1.54, 1.807) is 6.92 Å². The summed E-state index contributed by atoms with van der Waals surface area (Å²) < 4.78 is 5.05. The SMILES string of the molecule is CCOc1n[nH]c(NC(=O)c2ccc(Cl)nc2Cl)n1. The molecule has 2 aromatic heterocycles. The lowest BCUT2D eigenvalue weighted by molar-refractivity contribution is 0.102. The Morgan fingerprint density at radius 3 is 2.89 bits per heavy atom. The molecule has 0 bridgehead atoms. The molecule has 0 aliphatic rings. The molecule has 0 saturated heterocycles. The van der Waals surface area contributed by atoms with E-state index in [2.05, 4.69) is 25.5 Å². The van der Waals surface area contributed by atoms with Crippen LogP contribution in [0.2, 0.25) is 10.3 Å². The van der Waals surface area contributed by atoms with Crippen LogP contribution >= 0.6 is 23.2 Å². The molecule has 2 rings (SSSR count). The van der Waals surface area contributed by atoms with Crippen molar-refractivity contribution in [3.63, 3.8) is 0 Å². The average Bonchev–Trinajstić information content (AvgIpc) is 2.76. The van der Waals surface area contributed by atoms with Crippen LogP contribution in [-0.4, -0.2) is 32.7 Å². The molecule has 19 heavy (non-hydrogen) atoms. The van der Waals surface area contributed by atoms with Gasteiger partial charge in [-0.2, -0.15) is 4.98 Å². The van der Waals surface area contributed by atoms with E-state index >= 15 is 0 Å². The Morgan fingerprint density at radius 2 is 2.21 bits per heavy atom. The second-order valence-electron chi connectivity index (χ2n) is 3.33. The topological polar surface area (TPSA) is 92.8 Å². The molecule has 0 radical (unpaired) electrons. The third-order valence-electron chi connectivity index (χ3n) is 2.03. The summed E-state index contributed by atoms with van der Waals surface area (Å²) in [5.74, 6) is -0.326. The summed E-state index contributed by atoms with van der Waals surface area (Å²) in [6, 6.07) is 3.08. The number of carbonyl (C=O) groups excluding carboxylic acids is 1. The fourth-order valence-electron chi connectivity index (χ4n) is 1.25. The number of halogens is 2. The second kappa shape index (κ2) is 5.85. The van der Waals surface area contributed by atoms with Gasteiger partial charge < -0.3 is 4.74 Å². The molecule has 100 valence electrons. The van der Waals surface area contributed by atoms with Gasteiger partial charge in [-0.25, -0.2) is 10.1 Å². The molecule has 0 saturated carbocycles. The summed E-state index contributed by atoms with van der Waals surface area (Å²) >= 11 is 11.5. The number of carbonyl (C=O) groups is 1. The van der Waals surface area contributed by atoms with Crippen LogP contribution < -0.4 is 10.1 Å². The van der Waals surface area contributed by atoms with Gasteiger partial charge in [-0.3, -0.25) is 10.1 Å². The molecule has 0 spiro atoms. The molecule has 0 aliphatic carbocycles. The highest BCUT2D eigenvalue weighted by Crippen LogP contribution is 2.17. The first-order chi connectivity index (χ1) is 9.10. The van der Waals surface area contributed by atoms with Crippen molar-refractivity contribution in [1.82, 2.24) is 20.2 Å². The van der Waals surface area contributed by atoms with Crippen LogP contribution in [0, 0.1) is 0 Å². The van der Waals surface area contributed by atoms with Gasteiger partial charge in [0, 0.05) is 0 Å². The summed E-state index contributed by atoms with van der Waals surface area (Å²) in [6.07, 6.45) is 0. The standard InChI is InChI=1S/C10H9Cl2N5O2/c1-2-19-10-15-9(16-17-10)14-8(18)5-3-4-6(11)13-7(5)12/h3-4H,2H2,1H3,(H2,14,15,16,17,18). The van der Waals surface area contributed by atoms with Gasteiger partial charge >= 0.3 is 6.01 Å². The number of hydrogen-bond donors (Lipinski definition) is 2. The van der Waals surface area contributed by atoms with E-state index < -0.39 is 5.91 Å².